The van der Waals surface area contributed by atoms with Crippen LogP contribution in [-0.4, -0.2) is 86.1 Å². The lowest BCUT2D eigenvalue weighted by atomic mass is 9.77. The maximum atomic E-state index is 13.4. The van der Waals surface area contributed by atoms with Gasteiger partial charge in [0.1, 0.15) is 5.82 Å². The van der Waals surface area contributed by atoms with Crippen molar-refractivity contribution in [2.45, 2.75) is 43.6 Å². The van der Waals surface area contributed by atoms with Crippen LogP contribution in [0.2, 0.25) is 0 Å². The minimum atomic E-state index is -4.48. The molecule has 4 heterocycles. The van der Waals surface area contributed by atoms with Gasteiger partial charge in [0.05, 0.1) is 35.0 Å². The summed E-state index contributed by atoms with van der Waals surface area (Å²) in [6.07, 6.45) is -1.83. The number of fused-ring (bicyclic) bond motifs is 1. The van der Waals surface area contributed by atoms with Crippen molar-refractivity contribution in [1.29, 1.82) is 0 Å². The zero-order valence-corrected chi connectivity index (χ0v) is 20.2. The van der Waals surface area contributed by atoms with Crippen LogP contribution in [0.3, 0.4) is 0 Å². The van der Waals surface area contributed by atoms with E-state index in [-0.39, 0.29) is 23.7 Å². The summed E-state index contributed by atoms with van der Waals surface area (Å²) in [7, 11) is 0. The Labute approximate surface area is 210 Å². The Morgan fingerprint density at radius 1 is 1.22 bits per heavy atom. The number of aliphatic hydroxyl groups is 1. The maximum absolute atomic E-state index is 13.4. The number of nitrogens with one attached hydrogen (secondary N) is 2. The van der Waals surface area contributed by atoms with Gasteiger partial charge >= 0.3 is 6.18 Å². The number of hydrogen-bond acceptors (Lipinski definition) is 8. The molecule has 13 heteroatoms. The molecular formula is C24H27F3N8O2. The summed E-state index contributed by atoms with van der Waals surface area (Å²) in [6, 6.07) is 5.16. The molecule has 3 N–H and O–H groups in total. The van der Waals surface area contributed by atoms with Crippen molar-refractivity contribution in [3.8, 4) is 5.69 Å². The van der Waals surface area contributed by atoms with Gasteiger partial charge in [0.15, 0.2) is 5.65 Å². The fourth-order valence-corrected chi connectivity index (χ4v) is 5.32. The summed E-state index contributed by atoms with van der Waals surface area (Å²) >= 11 is 0. The third kappa shape index (κ3) is 4.57. The minimum Gasteiger partial charge on any atom is -0.390 e. The van der Waals surface area contributed by atoms with Crippen LogP contribution in [0.1, 0.15) is 25.3 Å². The minimum absolute atomic E-state index is 0.0127. The molecule has 0 unspecified atom stereocenters. The normalized spacial score (nSPS) is 25.1. The molecule has 0 spiro atoms. The molecule has 2 saturated heterocycles. The Balaban J connectivity index is 1.34. The first-order valence-electron chi connectivity index (χ1n) is 12.2. The first-order chi connectivity index (χ1) is 17.6. The topological polar surface area (TPSA) is 111 Å². The van der Waals surface area contributed by atoms with Crippen LogP contribution in [-0.2, 0) is 11.0 Å². The SMILES string of the molecule is C[C@]1(O)C[C@H](Nc2nc(N3CC(N4CCNC(=O)C4)C3)c3cnn(-c4cccc(C(F)(F)F)c4)c3n2)C1. The number of alkyl halides is 3. The molecule has 3 aromatic rings. The predicted molar refractivity (Wildman–Crippen MR) is 130 cm³/mol. The van der Waals surface area contributed by atoms with Crippen LogP contribution in [0.5, 0.6) is 0 Å². The van der Waals surface area contributed by atoms with Crippen LogP contribution in [0.15, 0.2) is 30.5 Å². The molecule has 1 saturated carbocycles. The molecular weight excluding hydrogens is 489 g/mol. The molecule has 2 aromatic heterocycles. The maximum Gasteiger partial charge on any atom is 0.416 e. The third-order valence-electron chi connectivity index (χ3n) is 7.28. The summed E-state index contributed by atoms with van der Waals surface area (Å²) in [5.74, 6) is 0.978. The number of carbonyl (C=O) groups is 1. The lowest BCUT2D eigenvalue weighted by Gasteiger charge is -2.47. The number of piperazine rings is 1. The molecule has 0 bridgehead atoms. The second kappa shape index (κ2) is 8.55. The zero-order valence-electron chi connectivity index (χ0n) is 20.2. The standard InChI is InChI=1S/C24H27F3N8O2/c1-23(37)8-15(9-23)30-22-31-20(34-11-17(12-34)33-6-5-28-19(36)13-33)18-10-29-35(21(18)32-22)16-4-2-3-14(7-16)24(25,26)27/h2-4,7,10,15,17,37H,5-6,8-9,11-13H2,1H3,(H,28,36)(H,30,31,32)/t15-,23-. The van der Waals surface area contributed by atoms with Crippen molar-refractivity contribution in [2.24, 2.45) is 0 Å². The van der Waals surface area contributed by atoms with Crippen LogP contribution in [0.4, 0.5) is 24.9 Å². The number of carbonyl (C=O) groups excluding carboxylic acids is 1. The van der Waals surface area contributed by atoms with Gasteiger partial charge in [-0.05, 0) is 38.0 Å². The molecule has 3 fully saturated rings. The number of anilines is 2. The van der Waals surface area contributed by atoms with E-state index in [1.807, 2.05) is 0 Å². The molecule has 1 amide bonds. The highest BCUT2D eigenvalue weighted by atomic mass is 19.4. The van der Waals surface area contributed by atoms with E-state index < -0.39 is 17.3 Å². The molecule has 3 aliphatic rings. The summed E-state index contributed by atoms with van der Waals surface area (Å²) in [4.78, 5) is 25.4. The van der Waals surface area contributed by atoms with E-state index in [2.05, 4.69) is 30.5 Å². The lowest BCUT2D eigenvalue weighted by molar-refractivity contribution is -0.137. The predicted octanol–water partition coefficient (Wildman–Crippen LogP) is 1.78. The fraction of sp³-hybridized carbons (Fsp3) is 0.500. The average molecular weight is 517 g/mol. The van der Waals surface area contributed by atoms with Crippen LogP contribution < -0.4 is 15.5 Å². The van der Waals surface area contributed by atoms with E-state index in [9.17, 15) is 23.1 Å². The first-order valence-corrected chi connectivity index (χ1v) is 12.2. The van der Waals surface area contributed by atoms with Gasteiger partial charge in [0.2, 0.25) is 11.9 Å². The molecule has 2 aliphatic heterocycles. The van der Waals surface area contributed by atoms with Gasteiger partial charge in [-0.3, -0.25) is 9.69 Å². The number of rotatable bonds is 5. The molecule has 1 aromatic carbocycles. The number of halogens is 3. The smallest absolute Gasteiger partial charge is 0.390 e. The van der Waals surface area contributed by atoms with Crippen molar-refractivity contribution in [1.82, 2.24) is 30.0 Å². The van der Waals surface area contributed by atoms with E-state index in [4.69, 9.17) is 4.98 Å². The third-order valence-corrected chi connectivity index (χ3v) is 7.28. The van der Waals surface area contributed by atoms with E-state index in [1.54, 1.807) is 19.2 Å². The number of benzene rings is 1. The summed E-state index contributed by atoms with van der Waals surface area (Å²) in [5.41, 5.74) is -0.879. The Morgan fingerprint density at radius 3 is 2.70 bits per heavy atom. The largest absolute Gasteiger partial charge is 0.416 e. The second-order valence-corrected chi connectivity index (χ2v) is 10.3. The van der Waals surface area contributed by atoms with E-state index in [1.165, 1.54) is 10.7 Å². The van der Waals surface area contributed by atoms with Crippen molar-refractivity contribution < 1.29 is 23.1 Å². The van der Waals surface area contributed by atoms with Crippen LogP contribution in [0, 0.1) is 0 Å². The quantitative estimate of drug-likeness (QED) is 0.471. The van der Waals surface area contributed by atoms with E-state index in [0.717, 1.165) is 18.7 Å². The molecule has 196 valence electrons. The summed E-state index contributed by atoms with van der Waals surface area (Å²) in [5, 5.41) is 21.2. The Kier molecular flexibility index (Phi) is 5.53. The summed E-state index contributed by atoms with van der Waals surface area (Å²) in [6.45, 7) is 4.85. The van der Waals surface area contributed by atoms with Gasteiger partial charge < -0.3 is 20.6 Å². The first kappa shape index (κ1) is 23.9. The molecule has 0 radical (unpaired) electrons. The van der Waals surface area contributed by atoms with Crippen LogP contribution in [0.25, 0.3) is 16.7 Å². The van der Waals surface area contributed by atoms with Crippen molar-refractivity contribution >= 4 is 28.7 Å². The highest BCUT2D eigenvalue weighted by molar-refractivity contribution is 5.89. The molecule has 6 rings (SSSR count). The van der Waals surface area contributed by atoms with Gasteiger partial charge in [-0.1, -0.05) is 6.07 Å². The number of aromatic nitrogens is 4. The van der Waals surface area contributed by atoms with Gasteiger partial charge in [0.25, 0.3) is 0 Å². The number of hydrogen-bond donors (Lipinski definition) is 3. The van der Waals surface area contributed by atoms with Crippen molar-refractivity contribution in [2.75, 3.05) is 42.9 Å². The van der Waals surface area contributed by atoms with Crippen molar-refractivity contribution in [3.63, 3.8) is 0 Å². The Morgan fingerprint density at radius 2 is 2.00 bits per heavy atom. The van der Waals surface area contributed by atoms with Crippen LogP contribution >= 0.6 is 0 Å². The van der Waals surface area contributed by atoms with Gasteiger partial charge in [-0.25, -0.2) is 4.68 Å². The molecule has 37 heavy (non-hydrogen) atoms. The fourth-order valence-electron chi connectivity index (χ4n) is 5.32. The second-order valence-electron chi connectivity index (χ2n) is 10.3. The zero-order chi connectivity index (χ0) is 25.9. The lowest BCUT2D eigenvalue weighted by Crippen LogP contribution is -2.64. The highest BCUT2D eigenvalue weighted by Gasteiger charge is 2.40. The van der Waals surface area contributed by atoms with Gasteiger partial charge in [-0.15, -0.1) is 0 Å². The Hall–Kier alpha value is -3.45. The molecule has 10 nitrogen and oxygen atoms in total. The van der Waals surface area contributed by atoms with Crippen molar-refractivity contribution in [3.05, 3.63) is 36.0 Å². The van der Waals surface area contributed by atoms with E-state index >= 15 is 0 Å². The number of amides is 1. The number of nitrogens with zero attached hydrogens (tertiary/aromatic N) is 6. The monoisotopic (exact) mass is 516 g/mol. The average Bonchev–Trinajstić information content (AvgIpc) is 3.21. The summed E-state index contributed by atoms with van der Waals surface area (Å²) < 4.78 is 41.5. The Bertz CT molecular complexity index is 1340. The molecule has 0 atom stereocenters. The van der Waals surface area contributed by atoms with Gasteiger partial charge in [-0.2, -0.15) is 28.2 Å². The molecule has 1 aliphatic carbocycles. The van der Waals surface area contributed by atoms with Gasteiger partial charge in [0, 0.05) is 38.3 Å². The highest BCUT2D eigenvalue weighted by Crippen LogP contribution is 2.36. The van der Waals surface area contributed by atoms with E-state index in [0.29, 0.717) is 61.8 Å².